The lowest BCUT2D eigenvalue weighted by molar-refractivity contribution is 0.638. The molecule has 0 N–H and O–H groups in total. The second-order valence-electron chi connectivity index (χ2n) is 15.4. The molecule has 0 aliphatic heterocycles. The molecule has 1 aliphatic rings. The van der Waals surface area contributed by atoms with Crippen molar-refractivity contribution < 1.29 is 4.42 Å². The fraction of sp³-hybridized carbons (Fsp3) is 0.0357. The fourth-order valence-corrected chi connectivity index (χ4v) is 9.37. The van der Waals surface area contributed by atoms with Crippen molar-refractivity contribution >= 4 is 39.0 Å². The van der Waals surface area contributed by atoms with Crippen LogP contribution in [-0.2, 0) is 5.41 Å². The van der Waals surface area contributed by atoms with Crippen molar-refractivity contribution in [1.82, 2.24) is 0 Å². The third-order valence-corrected chi connectivity index (χ3v) is 12.1. The van der Waals surface area contributed by atoms with Gasteiger partial charge in [0.25, 0.3) is 0 Å². The van der Waals surface area contributed by atoms with Crippen LogP contribution >= 0.6 is 0 Å². The average Bonchev–Trinajstić information content (AvgIpc) is 3.80. The SMILES string of the molecule is CC1(c2c(N(c3ccc(-c4ccccc4)cc3)c3cc(-c4ccccc4)cc(-c4ccccc4)c3)ccc3c2oc2ccccc23)c2ccccc2-c2ccccc21. The van der Waals surface area contributed by atoms with Crippen LogP contribution in [0.1, 0.15) is 23.6 Å². The van der Waals surface area contributed by atoms with Gasteiger partial charge in [0.05, 0.1) is 5.69 Å². The number of nitrogens with zero attached hydrogens (tertiary/aromatic N) is 1. The van der Waals surface area contributed by atoms with E-state index in [1.807, 2.05) is 0 Å². The first-order chi connectivity index (χ1) is 28.6. The molecule has 58 heavy (non-hydrogen) atoms. The third-order valence-electron chi connectivity index (χ3n) is 12.1. The minimum atomic E-state index is -0.558. The first kappa shape index (κ1) is 33.9. The zero-order chi connectivity index (χ0) is 38.6. The summed E-state index contributed by atoms with van der Waals surface area (Å²) in [6, 6.07) is 79.0. The van der Waals surface area contributed by atoms with E-state index in [0.29, 0.717) is 0 Å². The van der Waals surface area contributed by atoms with Crippen molar-refractivity contribution in [2.24, 2.45) is 0 Å². The molecule has 0 saturated carbocycles. The van der Waals surface area contributed by atoms with Crippen LogP contribution in [0.15, 0.2) is 223 Å². The Balaban J connectivity index is 1.25. The molecule has 2 heteroatoms. The molecule has 0 atom stereocenters. The Kier molecular flexibility index (Phi) is 7.97. The molecule has 0 amide bonds. The predicted molar refractivity (Wildman–Crippen MR) is 242 cm³/mol. The number of furan rings is 1. The molecule has 1 aliphatic carbocycles. The lowest BCUT2D eigenvalue weighted by atomic mass is 9.72. The number of hydrogen-bond donors (Lipinski definition) is 0. The fourth-order valence-electron chi connectivity index (χ4n) is 9.37. The summed E-state index contributed by atoms with van der Waals surface area (Å²) >= 11 is 0. The van der Waals surface area contributed by atoms with Crippen LogP contribution in [0.2, 0.25) is 0 Å². The maximum atomic E-state index is 7.09. The Morgan fingerprint density at radius 2 is 0.862 bits per heavy atom. The van der Waals surface area contributed by atoms with E-state index < -0.39 is 5.41 Å². The maximum Gasteiger partial charge on any atom is 0.141 e. The standard InChI is InChI=1S/C56H39NO/c1-56(50-26-14-11-23-46(50)47-24-12-15-27-51(47)56)54-52(34-33-49-48-25-13-16-28-53(48)58-55(49)54)57(44-31-29-41(30-32-44)38-17-5-2-6-18-38)45-36-42(39-19-7-3-8-20-39)35-43(37-45)40-21-9-4-10-22-40/h2-37H,1H3. The van der Waals surface area contributed by atoms with Crippen molar-refractivity contribution in [3.8, 4) is 44.5 Å². The molecule has 9 aromatic carbocycles. The van der Waals surface area contributed by atoms with E-state index in [-0.39, 0.29) is 0 Å². The van der Waals surface area contributed by atoms with Crippen LogP contribution in [0, 0.1) is 0 Å². The summed E-state index contributed by atoms with van der Waals surface area (Å²) in [6.45, 7) is 2.40. The van der Waals surface area contributed by atoms with E-state index in [4.69, 9.17) is 4.42 Å². The van der Waals surface area contributed by atoms with E-state index in [1.54, 1.807) is 0 Å². The Labute approximate surface area is 338 Å². The Hall–Kier alpha value is -7.42. The number of anilines is 3. The van der Waals surface area contributed by atoms with Crippen LogP contribution in [0.4, 0.5) is 17.1 Å². The van der Waals surface area contributed by atoms with Gasteiger partial charge in [0, 0.05) is 33.1 Å². The molecular weight excluding hydrogens is 703 g/mol. The zero-order valence-corrected chi connectivity index (χ0v) is 32.1. The summed E-state index contributed by atoms with van der Waals surface area (Å²) in [7, 11) is 0. The van der Waals surface area contributed by atoms with Gasteiger partial charge in [-0.15, -0.1) is 0 Å². The second-order valence-corrected chi connectivity index (χ2v) is 15.4. The van der Waals surface area contributed by atoms with Crippen molar-refractivity contribution in [2.75, 3.05) is 4.90 Å². The number of rotatable bonds is 7. The topological polar surface area (TPSA) is 16.4 Å². The van der Waals surface area contributed by atoms with Gasteiger partial charge in [-0.05, 0) is 111 Å². The first-order valence-corrected chi connectivity index (χ1v) is 20.0. The molecule has 0 fully saturated rings. The number of fused-ring (bicyclic) bond motifs is 6. The summed E-state index contributed by atoms with van der Waals surface area (Å²) < 4.78 is 7.09. The van der Waals surface area contributed by atoms with E-state index in [0.717, 1.165) is 55.7 Å². The van der Waals surface area contributed by atoms with E-state index >= 15 is 0 Å². The van der Waals surface area contributed by atoms with Crippen LogP contribution in [-0.4, -0.2) is 0 Å². The summed E-state index contributed by atoms with van der Waals surface area (Å²) in [6.07, 6.45) is 0. The van der Waals surface area contributed by atoms with Gasteiger partial charge in [-0.3, -0.25) is 0 Å². The van der Waals surface area contributed by atoms with Gasteiger partial charge in [-0.25, -0.2) is 0 Å². The number of benzene rings is 9. The van der Waals surface area contributed by atoms with Crippen molar-refractivity contribution in [3.05, 3.63) is 235 Å². The zero-order valence-electron chi connectivity index (χ0n) is 32.1. The van der Waals surface area contributed by atoms with Crippen molar-refractivity contribution in [2.45, 2.75) is 12.3 Å². The summed E-state index contributed by atoms with van der Waals surface area (Å²) in [5.74, 6) is 0. The number of hydrogen-bond acceptors (Lipinski definition) is 2. The average molecular weight is 742 g/mol. The quantitative estimate of drug-likeness (QED) is 0.162. The third kappa shape index (κ3) is 5.41. The van der Waals surface area contributed by atoms with Gasteiger partial charge in [-0.1, -0.05) is 170 Å². The highest BCUT2D eigenvalue weighted by atomic mass is 16.3. The molecule has 1 aromatic heterocycles. The van der Waals surface area contributed by atoms with Crippen LogP contribution in [0.5, 0.6) is 0 Å². The Morgan fingerprint density at radius 1 is 0.379 bits per heavy atom. The van der Waals surface area contributed by atoms with Crippen molar-refractivity contribution in [1.29, 1.82) is 0 Å². The second kappa shape index (κ2) is 13.7. The predicted octanol–water partition coefficient (Wildman–Crippen LogP) is 15.4. The van der Waals surface area contributed by atoms with E-state index in [2.05, 4.69) is 230 Å². The van der Waals surface area contributed by atoms with Gasteiger partial charge in [0.2, 0.25) is 0 Å². The normalized spacial score (nSPS) is 12.7. The van der Waals surface area contributed by atoms with Crippen LogP contribution in [0.25, 0.3) is 66.4 Å². The van der Waals surface area contributed by atoms with E-state index in [9.17, 15) is 0 Å². The van der Waals surface area contributed by atoms with Crippen LogP contribution < -0.4 is 4.90 Å². The molecule has 2 nitrogen and oxygen atoms in total. The summed E-state index contributed by atoms with van der Waals surface area (Å²) in [5.41, 5.74) is 17.6. The molecule has 0 spiro atoms. The van der Waals surface area contributed by atoms with Gasteiger partial charge in [0.1, 0.15) is 11.2 Å². The molecule has 274 valence electrons. The van der Waals surface area contributed by atoms with E-state index in [1.165, 1.54) is 44.5 Å². The summed E-state index contributed by atoms with van der Waals surface area (Å²) in [4.78, 5) is 2.46. The molecule has 0 bridgehead atoms. The molecular formula is C56H39NO. The highest BCUT2D eigenvalue weighted by molar-refractivity contribution is 6.09. The highest BCUT2D eigenvalue weighted by Crippen LogP contribution is 2.58. The monoisotopic (exact) mass is 741 g/mol. The largest absolute Gasteiger partial charge is 0.456 e. The minimum Gasteiger partial charge on any atom is -0.456 e. The van der Waals surface area contributed by atoms with Gasteiger partial charge in [-0.2, -0.15) is 0 Å². The molecule has 0 saturated heterocycles. The lowest BCUT2D eigenvalue weighted by Crippen LogP contribution is -2.26. The smallest absolute Gasteiger partial charge is 0.141 e. The maximum absolute atomic E-state index is 7.09. The lowest BCUT2D eigenvalue weighted by Gasteiger charge is -2.35. The minimum absolute atomic E-state index is 0.558. The van der Waals surface area contributed by atoms with Gasteiger partial charge in [0.15, 0.2) is 0 Å². The molecule has 0 radical (unpaired) electrons. The van der Waals surface area contributed by atoms with Gasteiger partial charge >= 0.3 is 0 Å². The Bertz CT molecular complexity index is 3000. The number of para-hydroxylation sites is 1. The molecule has 11 rings (SSSR count). The summed E-state index contributed by atoms with van der Waals surface area (Å²) in [5, 5.41) is 2.23. The van der Waals surface area contributed by atoms with Gasteiger partial charge < -0.3 is 9.32 Å². The molecule has 1 heterocycles. The highest BCUT2D eigenvalue weighted by Gasteiger charge is 2.45. The van der Waals surface area contributed by atoms with Crippen LogP contribution in [0.3, 0.4) is 0 Å². The first-order valence-electron chi connectivity index (χ1n) is 20.0. The molecule has 10 aromatic rings. The Morgan fingerprint density at radius 3 is 1.45 bits per heavy atom. The molecule has 0 unspecified atom stereocenters. The van der Waals surface area contributed by atoms with Crippen molar-refractivity contribution in [3.63, 3.8) is 0 Å².